The van der Waals surface area contributed by atoms with Crippen molar-refractivity contribution in [2.24, 2.45) is 0 Å². The van der Waals surface area contributed by atoms with Gasteiger partial charge in [0.1, 0.15) is 6.54 Å². The molecule has 2 amide bonds. The summed E-state index contributed by atoms with van der Waals surface area (Å²) in [7, 11) is 0. The smallest absolute Gasteiger partial charge is 0.338 e. The number of hydrogen-bond donors (Lipinski definition) is 2. The number of rotatable bonds is 4. The molecule has 0 aliphatic carbocycles. The first kappa shape index (κ1) is 17.6. The molecule has 2 aromatic carbocycles. The van der Waals surface area contributed by atoms with Crippen LogP contribution in [0.25, 0.3) is 0 Å². The fraction of sp³-hybridized carbons (Fsp3) is 0.211. The average Bonchev–Trinajstić information content (AvgIpc) is 2.66. The molecule has 0 unspecified atom stereocenters. The van der Waals surface area contributed by atoms with Gasteiger partial charge < -0.3 is 15.2 Å². The molecule has 0 saturated carbocycles. The number of carbonyl (C=O) groups is 3. The van der Waals surface area contributed by atoms with Gasteiger partial charge in [-0.2, -0.15) is 0 Å². The van der Waals surface area contributed by atoms with E-state index in [1.54, 1.807) is 36.4 Å². The first-order valence-corrected chi connectivity index (χ1v) is 8.10. The van der Waals surface area contributed by atoms with Crippen LogP contribution in [-0.2, 0) is 20.9 Å². The number of hydrogen-bond acceptors (Lipinski definition) is 5. The first-order chi connectivity index (χ1) is 12.5. The van der Waals surface area contributed by atoms with Crippen molar-refractivity contribution in [1.29, 1.82) is 0 Å². The number of para-hydroxylation sites is 2. The van der Waals surface area contributed by atoms with Crippen LogP contribution in [0.3, 0.4) is 0 Å². The molecule has 0 bridgehead atoms. The highest BCUT2D eigenvalue weighted by Crippen LogP contribution is 2.29. The predicted molar refractivity (Wildman–Crippen MR) is 94.7 cm³/mol. The third-order valence-electron chi connectivity index (χ3n) is 4.04. The Hall–Kier alpha value is -3.19. The molecule has 0 fully saturated rings. The van der Waals surface area contributed by atoms with Crippen molar-refractivity contribution in [3.05, 3.63) is 59.7 Å². The number of nitrogens with zero attached hydrogens (tertiary/aromatic N) is 1. The van der Waals surface area contributed by atoms with Crippen LogP contribution in [0.2, 0.25) is 0 Å². The van der Waals surface area contributed by atoms with Crippen molar-refractivity contribution < 1.29 is 24.2 Å². The van der Waals surface area contributed by atoms with Crippen LogP contribution in [0.4, 0.5) is 11.4 Å². The van der Waals surface area contributed by atoms with Gasteiger partial charge >= 0.3 is 5.97 Å². The Kier molecular flexibility index (Phi) is 4.99. The molecule has 3 rings (SSSR count). The van der Waals surface area contributed by atoms with Crippen molar-refractivity contribution in [3.63, 3.8) is 0 Å². The van der Waals surface area contributed by atoms with Crippen molar-refractivity contribution >= 4 is 29.2 Å². The summed E-state index contributed by atoms with van der Waals surface area (Å²) in [6, 6.07) is 13.2. The minimum atomic E-state index is -1.06. The summed E-state index contributed by atoms with van der Waals surface area (Å²) in [6.07, 6.45) is -1.06. The molecule has 0 saturated heterocycles. The fourth-order valence-corrected chi connectivity index (χ4v) is 2.67. The Morgan fingerprint density at radius 1 is 1.19 bits per heavy atom. The van der Waals surface area contributed by atoms with Gasteiger partial charge in [-0.25, -0.2) is 4.79 Å². The van der Waals surface area contributed by atoms with Gasteiger partial charge in [0, 0.05) is 0 Å². The van der Waals surface area contributed by atoms with E-state index >= 15 is 0 Å². The molecule has 1 atom stereocenters. The molecule has 1 aliphatic rings. The Balaban J connectivity index is 1.73. The third-order valence-corrected chi connectivity index (χ3v) is 4.04. The maximum atomic E-state index is 12.7. The van der Waals surface area contributed by atoms with Crippen LogP contribution >= 0.6 is 0 Å². The van der Waals surface area contributed by atoms with Crippen LogP contribution in [0, 0.1) is 0 Å². The van der Waals surface area contributed by atoms with Crippen LogP contribution < -0.4 is 10.2 Å². The monoisotopic (exact) mass is 354 g/mol. The predicted octanol–water partition coefficient (Wildman–Crippen LogP) is 1.71. The highest BCUT2D eigenvalue weighted by Gasteiger charge is 2.31. The lowest BCUT2D eigenvalue weighted by molar-refractivity contribution is -0.128. The zero-order valence-electron chi connectivity index (χ0n) is 14.1. The molecule has 0 spiro atoms. The van der Waals surface area contributed by atoms with Gasteiger partial charge in [-0.1, -0.05) is 24.3 Å². The quantitative estimate of drug-likeness (QED) is 0.815. The van der Waals surface area contributed by atoms with E-state index in [-0.39, 0.29) is 24.6 Å². The first-order valence-electron chi connectivity index (χ1n) is 8.10. The zero-order chi connectivity index (χ0) is 18.7. The van der Waals surface area contributed by atoms with E-state index in [4.69, 9.17) is 9.84 Å². The maximum Gasteiger partial charge on any atom is 0.338 e. The number of ether oxygens (including phenoxy) is 1. The summed E-state index contributed by atoms with van der Waals surface area (Å²) in [4.78, 5) is 38.1. The summed E-state index contributed by atoms with van der Waals surface area (Å²) in [5, 5.41) is 11.7. The molecule has 7 nitrogen and oxygen atoms in total. The average molecular weight is 354 g/mol. The van der Waals surface area contributed by atoms with Crippen molar-refractivity contribution in [3.8, 4) is 0 Å². The number of carbonyl (C=O) groups excluding carboxylic acids is 3. The lowest BCUT2D eigenvalue weighted by Crippen LogP contribution is -2.47. The van der Waals surface area contributed by atoms with Gasteiger partial charge in [0.15, 0.2) is 6.10 Å². The van der Waals surface area contributed by atoms with Gasteiger partial charge in [0.2, 0.25) is 5.91 Å². The Morgan fingerprint density at radius 3 is 2.58 bits per heavy atom. The van der Waals surface area contributed by atoms with E-state index in [0.29, 0.717) is 16.9 Å². The van der Waals surface area contributed by atoms with E-state index in [0.717, 1.165) is 0 Å². The fourth-order valence-electron chi connectivity index (χ4n) is 2.67. The summed E-state index contributed by atoms with van der Waals surface area (Å²) in [6.45, 7) is 1.21. The third kappa shape index (κ3) is 3.57. The Labute approximate surface area is 150 Å². The standard InChI is InChI=1S/C19H18N2O5/c1-12(26-19(25)14-8-6-13(11-22)7-9-14)18(24)21-10-17(23)20-15-4-2-3-5-16(15)21/h2-9,12,22H,10-11H2,1H3,(H,20,23)/t12-/m0/s1. The van der Waals surface area contributed by atoms with Gasteiger partial charge in [-0.3, -0.25) is 14.5 Å². The number of anilines is 2. The van der Waals surface area contributed by atoms with Crippen molar-refractivity contribution in [1.82, 2.24) is 0 Å². The summed E-state index contributed by atoms with van der Waals surface area (Å²) in [5.41, 5.74) is 2.04. The van der Waals surface area contributed by atoms with Gasteiger partial charge in [0.25, 0.3) is 5.91 Å². The number of benzene rings is 2. The lowest BCUT2D eigenvalue weighted by Gasteiger charge is -2.30. The number of fused-ring (bicyclic) bond motifs is 1. The molecular formula is C19H18N2O5. The topological polar surface area (TPSA) is 95.9 Å². The van der Waals surface area contributed by atoms with Crippen molar-refractivity contribution in [2.45, 2.75) is 19.6 Å². The second-order valence-corrected chi connectivity index (χ2v) is 5.89. The van der Waals surface area contributed by atoms with Crippen LogP contribution in [-0.4, -0.2) is 35.5 Å². The Morgan fingerprint density at radius 2 is 1.88 bits per heavy atom. The molecule has 26 heavy (non-hydrogen) atoms. The lowest BCUT2D eigenvalue weighted by atomic mass is 10.1. The number of esters is 1. The van der Waals surface area contributed by atoms with E-state index < -0.39 is 18.0 Å². The molecular weight excluding hydrogens is 336 g/mol. The van der Waals surface area contributed by atoms with E-state index in [9.17, 15) is 14.4 Å². The highest BCUT2D eigenvalue weighted by atomic mass is 16.5. The van der Waals surface area contributed by atoms with E-state index in [2.05, 4.69) is 5.32 Å². The Bertz CT molecular complexity index is 847. The zero-order valence-corrected chi connectivity index (χ0v) is 14.1. The minimum absolute atomic E-state index is 0.124. The number of aliphatic hydroxyl groups excluding tert-OH is 1. The van der Waals surface area contributed by atoms with Crippen LogP contribution in [0.15, 0.2) is 48.5 Å². The largest absolute Gasteiger partial charge is 0.449 e. The van der Waals surface area contributed by atoms with E-state index in [1.807, 2.05) is 0 Å². The SMILES string of the molecule is C[C@H](OC(=O)c1ccc(CO)cc1)C(=O)N1CC(=O)Nc2ccccc21. The maximum absolute atomic E-state index is 12.7. The van der Waals surface area contributed by atoms with Gasteiger partial charge in [-0.15, -0.1) is 0 Å². The number of amides is 2. The van der Waals surface area contributed by atoms with Gasteiger partial charge in [0.05, 0.1) is 23.5 Å². The minimum Gasteiger partial charge on any atom is -0.449 e. The molecule has 2 aromatic rings. The molecule has 1 heterocycles. The molecule has 7 heteroatoms. The molecule has 0 aromatic heterocycles. The molecule has 0 radical (unpaired) electrons. The summed E-state index contributed by atoms with van der Waals surface area (Å²) < 4.78 is 5.25. The van der Waals surface area contributed by atoms with Gasteiger partial charge in [-0.05, 0) is 36.8 Å². The normalized spacial score (nSPS) is 14.2. The summed E-state index contributed by atoms with van der Waals surface area (Å²) >= 11 is 0. The number of nitrogens with one attached hydrogen (secondary N) is 1. The van der Waals surface area contributed by atoms with E-state index in [1.165, 1.54) is 24.0 Å². The highest BCUT2D eigenvalue weighted by molar-refractivity contribution is 6.11. The number of aliphatic hydroxyl groups is 1. The van der Waals surface area contributed by atoms with Crippen molar-refractivity contribution in [2.75, 3.05) is 16.8 Å². The second kappa shape index (κ2) is 7.37. The van der Waals surface area contributed by atoms with Crippen LogP contribution in [0.1, 0.15) is 22.8 Å². The van der Waals surface area contributed by atoms with Crippen LogP contribution in [0.5, 0.6) is 0 Å². The molecule has 2 N–H and O–H groups in total. The molecule has 1 aliphatic heterocycles. The molecule has 134 valence electrons. The second-order valence-electron chi connectivity index (χ2n) is 5.89. The summed E-state index contributed by atoms with van der Waals surface area (Å²) in [5.74, 6) is -1.44.